The molecule has 0 aromatic heterocycles. The summed E-state index contributed by atoms with van der Waals surface area (Å²) in [6.45, 7) is 8.92. The number of para-hydroxylation sites is 1. The van der Waals surface area contributed by atoms with Crippen LogP contribution in [0.25, 0.3) is 0 Å². The molecule has 2 atom stereocenters. The van der Waals surface area contributed by atoms with Crippen LogP contribution in [0.3, 0.4) is 0 Å². The van der Waals surface area contributed by atoms with E-state index in [1.165, 1.54) is 12.1 Å². The van der Waals surface area contributed by atoms with Gasteiger partial charge >= 0.3 is 6.09 Å². The number of carbonyl (C=O) groups excluding carboxylic acids is 1. The lowest BCUT2D eigenvalue weighted by molar-refractivity contribution is 0.0609. The number of amides is 1. The van der Waals surface area contributed by atoms with Crippen LogP contribution in [0.5, 0.6) is 5.75 Å². The fourth-order valence-corrected chi connectivity index (χ4v) is 4.90. The first kappa shape index (κ1) is 20.7. The van der Waals surface area contributed by atoms with E-state index in [9.17, 15) is 13.2 Å². The van der Waals surface area contributed by atoms with E-state index in [0.717, 1.165) is 0 Å². The summed E-state index contributed by atoms with van der Waals surface area (Å²) in [5.41, 5.74) is -0.478. The first-order valence-electron chi connectivity index (χ1n) is 9.72. The van der Waals surface area contributed by atoms with Crippen LogP contribution in [0.1, 0.15) is 46.3 Å². The Balaban J connectivity index is 1.76. The lowest BCUT2D eigenvalue weighted by Gasteiger charge is -2.30. The van der Waals surface area contributed by atoms with Crippen molar-refractivity contribution < 1.29 is 27.4 Å². The van der Waals surface area contributed by atoms with Gasteiger partial charge in [0.15, 0.2) is 0 Å². The van der Waals surface area contributed by atoms with Crippen molar-refractivity contribution in [3.63, 3.8) is 0 Å². The lowest BCUT2D eigenvalue weighted by Crippen LogP contribution is -2.41. The molecule has 1 amide bonds. The summed E-state index contributed by atoms with van der Waals surface area (Å²) in [6.07, 6.45) is -1.31. The average molecular weight is 432 g/mol. The first-order valence-corrected chi connectivity index (χ1v) is 11.2. The van der Waals surface area contributed by atoms with Crippen molar-refractivity contribution in [1.82, 2.24) is 0 Å². The number of anilines is 1. The number of benzene rings is 2. The number of sulfonamides is 1. The number of ether oxygens (including phenoxy) is 3. The van der Waals surface area contributed by atoms with Gasteiger partial charge in [0.1, 0.15) is 29.2 Å². The number of epoxide rings is 1. The zero-order chi connectivity index (χ0) is 21.9. The summed E-state index contributed by atoms with van der Waals surface area (Å²) in [7, 11) is -4.25. The smallest absolute Gasteiger partial charge is 0.429 e. The molecule has 0 aliphatic carbocycles. The molecule has 0 saturated carbocycles. The summed E-state index contributed by atoms with van der Waals surface area (Å²) in [5.74, 6) is 0.584. The highest BCUT2D eigenvalue weighted by Crippen LogP contribution is 2.54. The van der Waals surface area contributed by atoms with Crippen LogP contribution in [0.15, 0.2) is 53.4 Å². The molecule has 0 N–H and O–H groups in total. The van der Waals surface area contributed by atoms with Gasteiger partial charge in [0.2, 0.25) is 0 Å². The standard InChI is InChI=1S/C22H25NO6S/c1-21(2,3)29-20(24)23(14-9-7-6-8-10-14)30(25,26)15-11-12-17-16(13-15)18-19(27-18)22(4,5)28-17/h6-13,18-19H,1-5H3. The molecule has 7 nitrogen and oxygen atoms in total. The second-order valence-electron chi connectivity index (χ2n) is 8.97. The molecule has 4 rings (SSSR count). The Bertz CT molecular complexity index is 1090. The Morgan fingerprint density at radius 2 is 1.77 bits per heavy atom. The molecule has 8 heteroatoms. The van der Waals surface area contributed by atoms with Gasteiger partial charge in [-0.2, -0.15) is 4.31 Å². The van der Waals surface area contributed by atoms with Gasteiger partial charge in [-0.15, -0.1) is 0 Å². The number of rotatable bonds is 3. The number of nitrogens with zero attached hydrogens (tertiary/aromatic N) is 1. The molecule has 2 unspecified atom stereocenters. The van der Waals surface area contributed by atoms with Crippen LogP contribution in [0.4, 0.5) is 10.5 Å². The van der Waals surface area contributed by atoms with Crippen molar-refractivity contribution in [3.8, 4) is 5.75 Å². The van der Waals surface area contributed by atoms with Crippen molar-refractivity contribution >= 4 is 21.8 Å². The van der Waals surface area contributed by atoms with E-state index in [-0.39, 0.29) is 22.8 Å². The Hall–Kier alpha value is -2.58. The third-order valence-electron chi connectivity index (χ3n) is 4.93. The maximum Gasteiger partial charge on any atom is 0.429 e. The summed E-state index contributed by atoms with van der Waals surface area (Å²) >= 11 is 0. The fourth-order valence-electron chi connectivity index (χ4n) is 3.54. The SMILES string of the molecule is CC(C)(C)OC(=O)N(c1ccccc1)S(=O)(=O)c1ccc2c(c1)C1OC1C(C)(C)O2. The van der Waals surface area contributed by atoms with Crippen LogP contribution in [-0.2, 0) is 19.5 Å². The van der Waals surface area contributed by atoms with Gasteiger partial charge in [-0.1, -0.05) is 18.2 Å². The molecule has 2 aliphatic rings. The van der Waals surface area contributed by atoms with Crippen LogP contribution in [-0.4, -0.2) is 31.8 Å². The van der Waals surface area contributed by atoms with Crippen molar-refractivity contribution in [2.75, 3.05) is 4.31 Å². The van der Waals surface area contributed by atoms with E-state index in [4.69, 9.17) is 14.2 Å². The van der Waals surface area contributed by atoms with E-state index in [1.807, 2.05) is 13.8 Å². The average Bonchev–Trinajstić information content (AvgIpc) is 3.42. The number of hydrogen-bond donors (Lipinski definition) is 0. The van der Waals surface area contributed by atoms with Gasteiger partial charge in [-0.3, -0.25) is 0 Å². The lowest BCUT2D eigenvalue weighted by atomic mass is 9.94. The van der Waals surface area contributed by atoms with E-state index >= 15 is 0 Å². The fraction of sp³-hybridized carbons (Fsp3) is 0.409. The molecule has 0 bridgehead atoms. The number of fused-ring (bicyclic) bond motifs is 3. The largest absolute Gasteiger partial charge is 0.485 e. The van der Waals surface area contributed by atoms with Gasteiger partial charge < -0.3 is 14.2 Å². The van der Waals surface area contributed by atoms with E-state index in [1.54, 1.807) is 57.2 Å². The molecule has 1 saturated heterocycles. The minimum Gasteiger partial charge on any atom is -0.485 e. The molecule has 2 aromatic rings. The monoisotopic (exact) mass is 431 g/mol. The third-order valence-corrected chi connectivity index (χ3v) is 6.62. The van der Waals surface area contributed by atoms with Gasteiger partial charge in [0.25, 0.3) is 10.0 Å². The minimum atomic E-state index is -4.25. The molecule has 1 fully saturated rings. The Morgan fingerprint density at radius 1 is 1.10 bits per heavy atom. The maximum absolute atomic E-state index is 13.5. The van der Waals surface area contributed by atoms with E-state index < -0.39 is 27.3 Å². The second-order valence-corrected chi connectivity index (χ2v) is 10.8. The summed E-state index contributed by atoms with van der Waals surface area (Å²) in [4.78, 5) is 12.9. The predicted octanol–water partition coefficient (Wildman–Crippen LogP) is 4.43. The van der Waals surface area contributed by atoms with Crippen molar-refractivity contribution in [2.45, 2.75) is 62.9 Å². The van der Waals surface area contributed by atoms with Crippen LogP contribution < -0.4 is 9.04 Å². The summed E-state index contributed by atoms with van der Waals surface area (Å²) < 4.78 is 44.9. The highest BCUT2D eigenvalue weighted by atomic mass is 32.2. The zero-order valence-electron chi connectivity index (χ0n) is 17.6. The minimum absolute atomic E-state index is 0.0338. The zero-order valence-corrected chi connectivity index (χ0v) is 18.4. The summed E-state index contributed by atoms with van der Waals surface area (Å²) in [6, 6.07) is 12.7. The number of hydrogen-bond acceptors (Lipinski definition) is 6. The molecule has 2 aliphatic heterocycles. The van der Waals surface area contributed by atoms with E-state index in [0.29, 0.717) is 15.6 Å². The van der Waals surface area contributed by atoms with Gasteiger partial charge in [-0.25, -0.2) is 13.2 Å². The Labute approximate surface area is 176 Å². The van der Waals surface area contributed by atoms with Gasteiger partial charge in [-0.05, 0) is 65.0 Å². The molecule has 2 heterocycles. The molecule has 160 valence electrons. The maximum atomic E-state index is 13.5. The van der Waals surface area contributed by atoms with Crippen molar-refractivity contribution in [3.05, 3.63) is 54.1 Å². The molecular formula is C22H25NO6S. The van der Waals surface area contributed by atoms with Crippen LogP contribution >= 0.6 is 0 Å². The second kappa shape index (κ2) is 6.72. The Kier molecular flexibility index (Phi) is 4.63. The molecule has 30 heavy (non-hydrogen) atoms. The van der Waals surface area contributed by atoms with Crippen LogP contribution in [0, 0.1) is 0 Å². The molecular weight excluding hydrogens is 406 g/mol. The number of carbonyl (C=O) groups is 1. The van der Waals surface area contributed by atoms with E-state index in [2.05, 4.69) is 0 Å². The van der Waals surface area contributed by atoms with Gasteiger partial charge in [0, 0.05) is 5.56 Å². The molecule has 2 aromatic carbocycles. The topological polar surface area (TPSA) is 85.4 Å². The quantitative estimate of drug-likeness (QED) is 0.669. The van der Waals surface area contributed by atoms with Gasteiger partial charge in [0.05, 0.1) is 10.6 Å². The highest BCUT2D eigenvalue weighted by Gasteiger charge is 2.57. The molecule has 0 spiro atoms. The molecule has 0 radical (unpaired) electrons. The summed E-state index contributed by atoms with van der Waals surface area (Å²) in [5, 5.41) is 0. The van der Waals surface area contributed by atoms with Crippen molar-refractivity contribution in [2.24, 2.45) is 0 Å². The first-order chi connectivity index (χ1) is 13.9. The normalized spacial score (nSPS) is 21.6. The Morgan fingerprint density at radius 3 is 2.40 bits per heavy atom. The van der Waals surface area contributed by atoms with Crippen LogP contribution in [0.2, 0.25) is 0 Å². The van der Waals surface area contributed by atoms with Crippen molar-refractivity contribution in [1.29, 1.82) is 0 Å². The predicted molar refractivity (Wildman–Crippen MR) is 111 cm³/mol. The third kappa shape index (κ3) is 3.65. The highest BCUT2D eigenvalue weighted by molar-refractivity contribution is 7.93.